The van der Waals surface area contributed by atoms with E-state index in [1.54, 1.807) is 73.3 Å². The molecule has 0 bridgehead atoms. The highest BCUT2D eigenvalue weighted by Gasteiger charge is 2.32. The summed E-state index contributed by atoms with van der Waals surface area (Å²) in [5.74, 6) is 0.439. The standard InChI is InChI=1S/C50H60N4O10/c1-3-45(55)61-31-17-11-7-5-9-15-29-59-41-33-51-47(52-34-41)37-21-25-39(26-22-37)49(57)63-43-19-13-14-20-44(43)64-50(58)40-27-23-38(24-28-40)48-53-35-42(36-54-48)60-30-16-10-6-8-12-18-32-62-46(56)4-2/h3-4,21-28,33-36,43-44H,1-2,5-20,29-32H2/t43-,44-/m1/s1. The van der Waals surface area contributed by atoms with Crippen molar-refractivity contribution in [1.29, 1.82) is 0 Å². The van der Waals surface area contributed by atoms with Crippen molar-refractivity contribution in [3.8, 4) is 34.3 Å². The van der Waals surface area contributed by atoms with Crippen LogP contribution in [0.3, 0.4) is 0 Å². The molecule has 0 radical (unpaired) electrons. The molecule has 1 aliphatic carbocycles. The van der Waals surface area contributed by atoms with Crippen LogP contribution in [0.2, 0.25) is 0 Å². The van der Waals surface area contributed by atoms with Gasteiger partial charge in [0.1, 0.15) is 12.2 Å². The monoisotopic (exact) mass is 876 g/mol. The number of carbonyl (C=O) groups is 4. The summed E-state index contributed by atoms with van der Waals surface area (Å²) >= 11 is 0. The average Bonchev–Trinajstić information content (AvgIpc) is 3.33. The fourth-order valence-electron chi connectivity index (χ4n) is 7.00. The van der Waals surface area contributed by atoms with Crippen molar-refractivity contribution in [2.75, 3.05) is 26.4 Å². The summed E-state index contributed by atoms with van der Waals surface area (Å²) < 4.78 is 33.4. The van der Waals surface area contributed by atoms with Crippen LogP contribution < -0.4 is 9.47 Å². The molecule has 340 valence electrons. The minimum absolute atomic E-state index is 0.373. The summed E-state index contributed by atoms with van der Waals surface area (Å²) in [4.78, 5) is 66.4. The number of rotatable bonds is 28. The Morgan fingerprint density at radius 3 is 1.16 bits per heavy atom. The highest BCUT2D eigenvalue weighted by molar-refractivity contribution is 5.91. The van der Waals surface area contributed by atoms with Gasteiger partial charge in [0.25, 0.3) is 0 Å². The molecule has 1 fully saturated rings. The Balaban J connectivity index is 0.987. The Morgan fingerprint density at radius 1 is 0.484 bits per heavy atom. The van der Waals surface area contributed by atoms with Gasteiger partial charge < -0.3 is 28.4 Å². The maximum absolute atomic E-state index is 13.2. The molecule has 64 heavy (non-hydrogen) atoms. The maximum atomic E-state index is 13.2. The number of hydrogen-bond acceptors (Lipinski definition) is 14. The number of carbonyl (C=O) groups excluding carboxylic acids is 4. The largest absolute Gasteiger partial charge is 0.490 e. The molecule has 0 N–H and O–H groups in total. The van der Waals surface area contributed by atoms with Gasteiger partial charge >= 0.3 is 23.9 Å². The first kappa shape index (κ1) is 48.6. The zero-order valence-electron chi connectivity index (χ0n) is 36.7. The van der Waals surface area contributed by atoms with Gasteiger partial charge in [-0.1, -0.05) is 88.8 Å². The number of hydrogen-bond donors (Lipinski definition) is 0. The molecule has 0 saturated heterocycles. The maximum Gasteiger partial charge on any atom is 0.338 e. The number of unbranched alkanes of at least 4 members (excludes halogenated alkanes) is 10. The molecule has 1 saturated carbocycles. The predicted octanol–water partition coefficient (Wildman–Crippen LogP) is 9.82. The Bertz CT molecular complexity index is 1910. The first-order valence-corrected chi connectivity index (χ1v) is 22.4. The van der Waals surface area contributed by atoms with E-state index in [0.29, 0.717) is 73.5 Å². The number of nitrogens with zero attached hydrogens (tertiary/aromatic N) is 4. The summed E-state index contributed by atoms with van der Waals surface area (Å²) in [5, 5.41) is 0. The van der Waals surface area contributed by atoms with Gasteiger partial charge in [0.2, 0.25) is 0 Å². The predicted molar refractivity (Wildman–Crippen MR) is 241 cm³/mol. The van der Waals surface area contributed by atoms with Gasteiger partial charge in [0.05, 0.1) is 62.3 Å². The van der Waals surface area contributed by atoms with Crippen LogP contribution in [0.1, 0.15) is 123 Å². The fourth-order valence-corrected chi connectivity index (χ4v) is 7.00. The SMILES string of the molecule is C=CC(=O)OCCCCCCCCOc1cnc(-c2ccc(C(=O)O[C@@H]3CCCC[C@H]3OC(=O)c3ccc(-c4ncc(OCCCCCCCCOC(=O)C=C)cn4)cc3)cc2)nc1. The van der Waals surface area contributed by atoms with Crippen molar-refractivity contribution in [2.45, 2.75) is 115 Å². The smallest absolute Gasteiger partial charge is 0.338 e. The molecule has 5 rings (SSSR count). The second-order valence-corrected chi connectivity index (χ2v) is 15.5. The summed E-state index contributed by atoms with van der Waals surface area (Å²) in [5.41, 5.74) is 2.23. The van der Waals surface area contributed by atoms with Crippen molar-refractivity contribution >= 4 is 23.9 Å². The van der Waals surface area contributed by atoms with Gasteiger partial charge in [-0.25, -0.2) is 39.1 Å². The van der Waals surface area contributed by atoms with Crippen molar-refractivity contribution in [2.24, 2.45) is 0 Å². The van der Waals surface area contributed by atoms with E-state index < -0.39 is 24.1 Å². The van der Waals surface area contributed by atoms with E-state index >= 15 is 0 Å². The molecular weight excluding hydrogens is 817 g/mol. The lowest BCUT2D eigenvalue weighted by Gasteiger charge is -2.30. The van der Waals surface area contributed by atoms with Crippen molar-refractivity contribution < 1.29 is 47.6 Å². The molecule has 0 spiro atoms. The lowest BCUT2D eigenvalue weighted by Crippen LogP contribution is -2.37. The number of ether oxygens (including phenoxy) is 6. The van der Waals surface area contributed by atoms with Crippen molar-refractivity contribution in [3.05, 3.63) is 110 Å². The lowest BCUT2D eigenvalue weighted by atomic mass is 9.94. The van der Waals surface area contributed by atoms with Crippen molar-refractivity contribution in [3.63, 3.8) is 0 Å². The van der Waals surface area contributed by atoms with Crippen LogP contribution in [0.4, 0.5) is 0 Å². The number of esters is 4. The Labute approximate surface area is 375 Å². The second-order valence-electron chi connectivity index (χ2n) is 15.5. The van der Waals surface area contributed by atoms with Crippen molar-refractivity contribution in [1.82, 2.24) is 19.9 Å². The summed E-state index contributed by atoms with van der Waals surface area (Å²) in [6.07, 6.45) is 22.6. The summed E-state index contributed by atoms with van der Waals surface area (Å²) in [6.45, 7) is 8.77. The van der Waals surface area contributed by atoms with Crippen LogP contribution in [-0.4, -0.2) is 82.4 Å². The number of benzene rings is 2. The molecule has 2 aromatic carbocycles. The molecule has 14 heteroatoms. The molecule has 0 aliphatic heterocycles. The molecule has 4 aromatic rings. The van der Waals surface area contributed by atoms with E-state index in [1.807, 2.05) is 0 Å². The normalized spacial score (nSPS) is 14.4. The van der Waals surface area contributed by atoms with Gasteiger partial charge in [0, 0.05) is 23.3 Å². The first-order chi connectivity index (χ1) is 31.3. The van der Waals surface area contributed by atoms with Crippen LogP contribution in [0.5, 0.6) is 11.5 Å². The molecular formula is C50H60N4O10. The molecule has 2 aromatic heterocycles. The lowest BCUT2D eigenvalue weighted by molar-refractivity contribution is -0.138. The van der Waals surface area contributed by atoms with Gasteiger partial charge in [0.15, 0.2) is 23.1 Å². The van der Waals surface area contributed by atoms with E-state index in [9.17, 15) is 19.2 Å². The third-order valence-corrected chi connectivity index (χ3v) is 10.6. The molecule has 0 amide bonds. The van der Waals surface area contributed by atoms with Gasteiger partial charge in [-0.05, 0) is 75.6 Å². The third kappa shape index (κ3) is 17.0. The third-order valence-electron chi connectivity index (χ3n) is 10.6. The van der Waals surface area contributed by atoms with Crippen LogP contribution in [0.15, 0.2) is 98.6 Å². The van der Waals surface area contributed by atoms with Gasteiger partial charge in [-0.2, -0.15) is 0 Å². The zero-order chi connectivity index (χ0) is 45.2. The minimum Gasteiger partial charge on any atom is -0.490 e. The molecule has 0 unspecified atom stereocenters. The van der Waals surface area contributed by atoms with Crippen LogP contribution in [0.25, 0.3) is 22.8 Å². The summed E-state index contributed by atoms with van der Waals surface area (Å²) in [6, 6.07) is 13.8. The van der Waals surface area contributed by atoms with Crippen LogP contribution in [0, 0.1) is 0 Å². The summed E-state index contributed by atoms with van der Waals surface area (Å²) in [7, 11) is 0. The fraction of sp³-hybridized carbons (Fsp3) is 0.440. The van der Waals surface area contributed by atoms with E-state index in [1.165, 1.54) is 12.2 Å². The van der Waals surface area contributed by atoms with Gasteiger partial charge in [-0.3, -0.25) is 0 Å². The Hall–Kier alpha value is -6.44. The molecule has 2 atom stereocenters. The Kier molecular flexibility index (Phi) is 20.9. The number of aromatic nitrogens is 4. The highest BCUT2D eigenvalue weighted by atomic mass is 16.6. The highest BCUT2D eigenvalue weighted by Crippen LogP contribution is 2.27. The van der Waals surface area contributed by atoms with E-state index in [4.69, 9.17) is 28.4 Å². The second kappa shape index (κ2) is 27.6. The van der Waals surface area contributed by atoms with Crippen LogP contribution >= 0.6 is 0 Å². The topological polar surface area (TPSA) is 175 Å². The van der Waals surface area contributed by atoms with Gasteiger partial charge in [-0.15, -0.1) is 0 Å². The Morgan fingerprint density at radius 2 is 0.812 bits per heavy atom. The van der Waals surface area contributed by atoms with E-state index in [-0.39, 0.29) is 11.9 Å². The average molecular weight is 877 g/mol. The zero-order valence-corrected chi connectivity index (χ0v) is 36.7. The molecule has 1 aliphatic rings. The molecule has 14 nitrogen and oxygen atoms in total. The minimum atomic E-state index is -0.568. The quantitative estimate of drug-likeness (QED) is 0.0228. The van der Waals surface area contributed by atoms with E-state index in [0.717, 1.165) is 101 Å². The first-order valence-electron chi connectivity index (χ1n) is 22.4. The van der Waals surface area contributed by atoms with Crippen LogP contribution in [-0.2, 0) is 28.5 Å². The molecule has 2 heterocycles. The van der Waals surface area contributed by atoms with E-state index in [2.05, 4.69) is 33.1 Å².